The first kappa shape index (κ1) is 15.2. The van der Waals surface area contributed by atoms with Gasteiger partial charge in [0.1, 0.15) is 0 Å². The molecule has 2 fully saturated rings. The van der Waals surface area contributed by atoms with E-state index in [1.807, 2.05) is 13.8 Å². The second-order valence-corrected chi connectivity index (χ2v) is 7.97. The zero-order valence-corrected chi connectivity index (χ0v) is 12.9. The minimum absolute atomic E-state index is 0.340. The zero-order chi connectivity index (χ0) is 13.9. The summed E-state index contributed by atoms with van der Waals surface area (Å²) >= 11 is 0. The van der Waals surface area contributed by atoms with Crippen LogP contribution in [0.5, 0.6) is 0 Å². The molecule has 0 bridgehead atoms. The van der Waals surface area contributed by atoms with Crippen molar-refractivity contribution in [2.45, 2.75) is 45.6 Å². The van der Waals surface area contributed by atoms with Gasteiger partial charge in [-0.1, -0.05) is 13.8 Å². The molecule has 0 aromatic rings. The van der Waals surface area contributed by atoms with Crippen LogP contribution in [0.2, 0.25) is 0 Å². The molecular weight excluding hydrogens is 262 g/mol. The molecule has 0 amide bonds. The molecule has 0 aliphatic carbocycles. The van der Waals surface area contributed by atoms with Crippen LogP contribution in [0.25, 0.3) is 0 Å². The van der Waals surface area contributed by atoms with Crippen molar-refractivity contribution < 1.29 is 8.42 Å². The molecule has 2 atom stereocenters. The molecule has 2 heterocycles. The van der Waals surface area contributed by atoms with Crippen molar-refractivity contribution in [3.05, 3.63) is 0 Å². The summed E-state index contributed by atoms with van der Waals surface area (Å²) in [6, 6.07) is 0.517. The first-order chi connectivity index (χ1) is 8.99. The maximum absolute atomic E-state index is 12.2. The third-order valence-corrected chi connectivity index (χ3v) is 5.64. The van der Waals surface area contributed by atoms with Gasteiger partial charge in [0.2, 0.25) is 0 Å². The van der Waals surface area contributed by atoms with Crippen LogP contribution in [0.1, 0.15) is 39.5 Å². The number of nitrogens with one attached hydrogen (secondary N) is 2. The van der Waals surface area contributed by atoms with E-state index in [9.17, 15) is 8.42 Å². The van der Waals surface area contributed by atoms with E-state index >= 15 is 0 Å². The Kier molecular flexibility index (Phi) is 5.22. The van der Waals surface area contributed by atoms with Crippen molar-refractivity contribution in [2.75, 3.05) is 26.2 Å². The summed E-state index contributed by atoms with van der Waals surface area (Å²) in [5, 5.41) is 3.51. The van der Waals surface area contributed by atoms with E-state index in [0.717, 1.165) is 19.4 Å². The fraction of sp³-hybridized carbons (Fsp3) is 1.00. The van der Waals surface area contributed by atoms with Gasteiger partial charge in [0.15, 0.2) is 0 Å². The standard InChI is InChI=1S/C13H27N3O2S/c1-11(2)9-15-19(17,18)16-8-4-5-12(10-16)13-6-3-7-14-13/h11-15H,3-10H2,1-2H3. The minimum atomic E-state index is -3.29. The Hall–Kier alpha value is -0.170. The Balaban J connectivity index is 1.92. The van der Waals surface area contributed by atoms with Crippen LogP contribution in [-0.2, 0) is 10.2 Å². The van der Waals surface area contributed by atoms with Crippen molar-refractivity contribution in [1.29, 1.82) is 0 Å². The van der Waals surface area contributed by atoms with E-state index in [2.05, 4.69) is 10.0 Å². The highest BCUT2D eigenvalue weighted by Crippen LogP contribution is 2.25. The van der Waals surface area contributed by atoms with E-state index in [1.54, 1.807) is 4.31 Å². The molecule has 0 saturated carbocycles. The predicted octanol–water partition coefficient (Wildman–Crippen LogP) is 0.941. The molecule has 2 aliphatic heterocycles. The molecule has 0 spiro atoms. The molecule has 19 heavy (non-hydrogen) atoms. The van der Waals surface area contributed by atoms with Crippen LogP contribution < -0.4 is 10.0 Å². The number of piperidine rings is 1. The lowest BCUT2D eigenvalue weighted by molar-refractivity contribution is 0.224. The maximum atomic E-state index is 12.2. The molecule has 5 nitrogen and oxygen atoms in total. The number of rotatable bonds is 5. The zero-order valence-electron chi connectivity index (χ0n) is 12.1. The Morgan fingerprint density at radius 3 is 2.74 bits per heavy atom. The second kappa shape index (κ2) is 6.52. The molecule has 0 aromatic heterocycles. The SMILES string of the molecule is CC(C)CNS(=O)(=O)N1CCCC(C2CCCN2)C1. The van der Waals surface area contributed by atoms with Crippen LogP contribution in [0.3, 0.4) is 0 Å². The highest BCUT2D eigenvalue weighted by Gasteiger charge is 2.33. The molecule has 2 saturated heterocycles. The lowest BCUT2D eigenvalue weighted by Crippen LogP contribution is -2.50. The summed E-state index contributed by atoms with van der Waals surface area (Å²) < 4.78 is 28.8. The van der Waals surface area contributed by atoms with E-state index in [-0.39, 0.29) is 0 Å². The van der Waals surface area contributed by atoms with Crippen LogP contribution in [0, 0.1) is 11.8 Å². The largest absolute Gasteiger partial charge is 0.314 e. The van der Waals surface area contributed by atoms with Gasteiger partial charge in [-0.3, -0.25) is 0 Å². The summed E-state index contributed by atoms with van der Waals surface area (Å²) in [6.45, 7) is 6.97. The van der Waals surface area contributed by atoms with Gasteiger partial charge in [0.05, 0.1) is 0 Å². The van der Waals surface area contributed by atoms with Gasteiger partial charge in [-0.05, 0) is 44.1 Å². The van der Waals surface area contributed by atoms with E-state index in [0.29, 0.717) is 37.5 Å². The van der Waals surface area contributed by atoms with Crippen LogP contribution in [0.4, 0.5) is 0 Å². The van der Waals surface area contributed by atoms with Gasteiger partial charge in [-0.25, -0.2) is 4.72 Å². The molecule has 2 unspecified atom stereocenters. The first-order valence-corrected chi connectivity index (χ1v) is 8.91. The lowest BCUT2D eigenvalue weighted by Gasteiger charge is -2.35. The van der Waals surface area contributed by atoms with Crippen LogP contribution in [-0.4, -0.2) is 44.9 Å². The molecule has 2 aliphatic rings. The summed E-state index contributed by atoms with van der Waals surface area (Å²) in [4.78, 5) is 0. The quantitative estimate of drug-likeness (QED) is 0.792. The third-order valence-electron chi connectivity index (χ3n) is 4.10. The Morgan fingerprint density at radius 2 is 2.11 bits per heavy atom. The molecule has 0 aromatic carbocycles. The van der Waals surface area contributed by atoms with Crippen molar-refractivity contribution in [3.63, 3.8) is 0 Å². The van der Waals surface area contributed by atoms with Crippen molar-refractivity contribution in [2.24, 2.45) is 11.8 Å². The van der Waals surface area contributed by atoms with E-state index in [4.69, 9.17) is 0 Å². The molecule has 112 valence electrons. The normalized spacial score (nSPS) is 30.1. The van der Waals surface area contributed by atoms with Gasteiger partial charge in [-0.15, -0.1) is 0 Å². The summed E-state index contributed by atoms with van der Waals surface area (Å²) in [7, 11) is -3.29. The van der Waals surface area contributed by atoms with Gasteiger partial charge >= 0.3 is 0 Å². The highest BCUT2D eigenvalue weighted by atomic mass is 32.2. The van der Waals surface area contributed by atoms with Gasteiger partial charge in [0.25, 0.3) is 10.2 Å². The minimum Gasteiger partial charge on any atom is -0.314 e. The monoisotopic (exact) mass is 289 g/mol. The summed E-state index contributed by atoms with van der Waals surface area (Å²) in [5.41, 5.74) is 0. The molecule has 6 heteroatoms. The summed E-state index contributed by atoms with van der Waals surface area (Å²) in [6.07, 6.45) is 4.54. The average Bonchev–Trinajstić information content (AvgIpc) is 2.91. The number of hydrogen-bond acceptors (Lipinski definition) is 3. The Morgan fingerprint density at radius 1 is 1.32 bits per heavy atom. The molecule has 2 N–H and O–H groups in total. The molecule has 2 rings (SSSR count). The van der Waals surface area contributed by atoms with E-state index < -0.39 is 10.2 Å². The topological polar surface area (TPSA) is 61.4 Å². The second-order valence-electron chi connectivity index (χ2n) is 6.21. The number of hydrogen-bond donors (Lipinski definition) is 2. The fourth-order valence-corrected chi connectivity index (χ4v) is 4.48. The maximum Gasteiger partial charge on any atom is 0.279 e. The Labute approximate surface area is 117 Å². The summed E-state index contributed by atoms with van der Waals surface area (Å²) in [5.74, 6) is 0.818. The molecular formula is C13H27N3O2S. The number of nitrogens with zero attached hydrogens (tertiary/aromatic N) is 1. The van der Waals surface area contributed by atoms with Crippen LogP contribution in [0.15, 0.2) is 0 Å². The van der Waals surface area contributed by atoms with Crippen molar-refractivity contribution in [1.82, 2.24) is 14.3 Å². The van der Waals surface area contributed by atoms with Gasteiger partial charge < -0.3 is 5.32 Å². The Bertz CT molecular complexity index is 377. The smallest absolute Gasteiger partial charge is 0.279 e. The molecule has 0 radical (unpaired) electrons. The first-order valence-electron chi connectivity index (χ1n) is 7.47. The predicted molar refractivity (Wildman–Crippen MR) is 77.1 cm³/mol. The van der Waals surface area contributed by atoms with Crippen molar-refractivity contribution in [3.8, 4) is 0 Å². The van der Waals surface area contributed by atoms with Gasteiger partial charge in [-0.2, -0.15) is 12.7 Å². The fourth-order valence-electron chi connectivity index (χ4n) is 3.00. The lowest BCUT2D eigenvalue weighted by atomic mass is 9.91. The van der Waals surface area contributed by atoms with Crippen LogP contribution >= 0.6 is 0 Å². The van der Waals surface area contributed by atoms with E-state index in [1.165, 1.54) is 12.8 Å². The van der Waals surface area contributed by atoms with Gasteiger partial charge in [0, 0.05) is 25.7 Å². The average molecular weight is 289 g/mol. The third kappa shape index (κ3) is 4.15. The van der Waals surface area contributed by atoms with Crippen molar-refractivity contribution >= 4 is 10.2 Å². The highest BCUT2D eigenvalue weighted by molar-refractivity contribution is 7.87.